The molecule has 0 aliphatic heterocycles. The zero-order valence-electron chi connectivity index (χ0n) is 12.0. The second-order valence-corrected chi connectivity index (χ2v) is 5.70. The number of benzene rings is 1. The highest BCUT2D eigenvalue weighted by Crippen LogP contribution is 2.23. The molecule has 0 spiro atoms. The fraction of sp³-hybridized carbons (Fsp3) is 0.333. The molecule has 2 aromatic rings. The Bertz CT molecular complexity index is 652. The molecule has 1 N–H and O–H groups in total. The van der Waals surface area contributed by atoms with Gasteiger partial charge in [-0.25, -0.2) is 4.79 Å². The SMILES string of the molecule is CCc1cc(COc2cc(C(=O)O)ccc2I)n(CC)n1. The first kappa shape index (κ1) is 15.8. The third-order valence-corrected chi connectivity index (χ3v) is 4.02. The van der Waals surface area contributed by atoms with Crippen LogP contribution in [-0.4, -0.2) is 20.9 Å². The highest BCUT2D eigenvalue weighted by atomic mass is 127. The van der Waals surface area contributed by atoms with Crippen LogP contribution in [-0.2, 0) is 19.6 Å². The summed E-state index contributed by atoms with van der Waals surface area (Å²) in [6.07, 6.45) is 0.881. The lowest BCUT2D eigenvalue weighted by Gasteiger charge is -2.10. The van der Waals surface area contributed by atoms with Crippen LogP contribution in [0.4, 0.5) is 0 Å². The van der Waals surface area contributed by atoms with Gasteiger partial charge in [-0.1, -0.05) is 6.92 Å². The van der Waals surface area contributed by atoms with Crippen LogP contribution in [0.3, 0.4) is 0 Å². The van der Waals surface area contributed by atoms with Crippen molar-refractivity contribution < 1.29 is 14.6 Å². The lowest BCUT2D eigenvalue weighted by molar-refractivity contribution is 0.0696. The Kier molecular flexibility index (Phi) is 5.22. The molecule has 6 heteroatoms. The summed E-state index contributed by atoms with van der Waals surface area (Å²) in [6.45, 7) is 5.25. The first-order valence-corrected chi connectivity index (χ1v) is 7.84. The maximum atomic E-state index is 11.0. The Labute approximate surface area is 137 Å². The molecule has 0 aliphatic carbocycles. The minimum atomic E-state index is -0.955. The van der Waals surface area contributed by atoms with E-state index >= 15 is 0 Å². The van der Waals surface area contributed by atoms with E-state index in [0.29, 0.717) is 12.4 Å². The zero-order valence-corrected chi connectivity index (χ0v) is 14.1. The molecule has 0 amide bonds. The Morgan fingerprint density at radius 2 is 2.14 bits per heavy atom. The van der Waals surface area contributed by atoms with Crippen LogP contribution in [0.25, 0.3) is 0 Å². The average Bonchev–Trinajstić information content (AvgIpc) is 2.88. The monoisotopic (exact) mass is 400 g/mol. The van der Waals surface area contributed by atoms with Crippen LogP contribution in [0.1, 0.15) is 35.6 Å². The summed E-state index contributed by atoms with van der Waals surface area (Å²) in [7, 11) is 0. The van der Waals surface area contributed by atoms with E-state index in [0.717, 1.165) is 27.9 Å². The Morgan fingerprint density at radius 3 is 2.76 bits per heavy atom. The second kappa shape index (κ2) is 6.93. The second-order valence-electron chi connectivity index (χ2n) is 4.54. The van der Waals surface area contributed by atoms with Gasteiger partial charge in [0.1, 0.15) is 12.4 Å². The van der Waals surface area contributed by atoms with Gasteiger partial charge in [-0.05, 0) is 60.2 Å². The molecule has 0 atom stereocenters. The van der Waals surface area contributed by atoms with Crippen molar-refractivity contribution in [1.82, 2.24) is 9.78 Å². The lowest BCUT2D eigenvalue weighted by atomic mass is 10.2. The van der Waals surface area contributed by atoms with Gasteiger partial charge in [0.25, 0.3) is 0 Å². The van der Waals surface area contributed by atoms with Gasteiger partial charge in [0.05, 0.1) is 20.5 Å². The van der Waals surface area contributed by atoms with E-state index in [1.807, 2.05) is 17.7 Å². The molecule has 0 aliphatic rings. The number of ether oxygens (including phenoxy) is 1. The Balaban J connectivity index is 2.18. The van der Waals surface area contributed by atoms with Crippen LogP contribution < -0.4 is 4.74 Å². The van der Waals surface area contributed by atoms with Gasteiger partial charge < -0.3 is 9.84 Å². The van der Waals surface area contributed by atoms with Gasteiger partial charge in [-0.3, -0.25) is 4.68 Å². The van der Waals surface area contributed by atoms with Crippen molar-refractivity contribution in [2.75, 3.05) is 0 Å². The highest BCUT2D eigenvalue weighted by Gasteiger charge is 2.10. The highest BCUT2D eigenvalue weighted by molar-refractivity contribution is 14.1. The molecule has 2 rings (SSSR count). The molecule has 0 saturated carbocycles. The van der Waals surface area contributed by atoms with Gasteiger partial charge in [0.2, 0.25) is 0 Å². The van der Waals surface area contributed by atoms with Gasteiger partial charge in [0.15, 0.2) is 0 Å². The quantitative estimate of drug-likeness (QED) is 0.756. The van der Waals surface area contributed by atoms with Crippen molar-refractivity contribution >= 4 is 28.6 Å². The number of rotatable bonds is 6. The van der Waals surface area contributed by atoms with E-state index in [2.05, 4.69) is 34.6 Å². The van der Waals surface area contributed by atoms with Crippen molar-refractivity contribution in [3.8, 4) is 5.75 Å². The number of carbonyl (C=O) groups is 1. The number of aryl methyl sites for hydroxylation is 2. The van der Waals surface area contributed by atoms with Crippen molar-refractivity contribution in [2.24, 2.45) is 0 Å². The molecule has 0 fully saturated rings. The van der Waals surface area contributed by atoms with Crippen molar-refractivity contribution in [3.63, 3.8) is 0 Å². The Hall–Kier alpha value is -1.57. The van der Waals surface area contributed by atoms with Crippen molar-refractivity contribution in [2.45, 2.75) is 33.4 Å². The van der Waals surface area contributed by atoms with Gasteiger partial charge in [-0.15, -0.1) is 0 Å². The normalized spacial score (nSPS) is 10.6. The summed E-state index contributed by atoms with van der Waals surface area (Å²) < 4.78 is 8.58. The molecule has 1 aromatic carbocycles. The summed E-state index contributed by atoms with van der Waals surface area (Å²) in [5, 5.41) is 13.5. The van der Waals surface area contributed by atoms with Crippen LogP contribution in [0.2, 0.25) is 0 Å². The van der Waals surface area contributed by atoms with Gasteiger partial charge in [-0.2, -0.15) is 5.10 Å². The minimum Gasteiger partial charge on any atom is -0.486 e. The molecule has 21 heavy (non-hydrogen) atoms. The van der Waals surface area contributed by atoms with Gasteiger partial charge in [0, 0.05) is 6.54 Å². The summed E-state index contributed by atoms with van der Waals surface area (Å²) >= 11 is 2.13. The third kappa shape index (κ3) is 3.75. The molecule has 1 aromatic heterocycles. The largest absolute Gasteiger partial charge is 0.486 e. The predicted octanol–water partition coefficient (Wildman–Crippen LogP) is 3.35. The van der Waals surface area contributed by atoms with Gasteiger partial charge >= 0.3 is 5.97 Å². The van der Waals surface area contributed by atoms with E-state index < -0.39 is 5.97 Å². The maximum Gasteiger partial charge on any atom is 0.335 e. The maximum absolute atomic E-state index is 11.0. The first-order chi connectivity index (χ1) is 10.0. The molecule has 0 unspecified atom stereocenters. The molecule has 0 saturated heterocycles. The molecule has 5 nitrogen and oxygen atoms in total. The van der Waals surface area contributed by atoms with E-state index in [-0.39, 0.29) is 5.56 Å². The Morgan fingerprint density at radius 1 is 1.38 bits per heavy atom. The smallest absolute Gasteiger partial charge is 0.335 e. The number of aromatic nitrogens is 2. The number of carboxylic acid groups (broad SMARTS) is 1. The fourth-order valence-electron chi connectivity index (χ4n) is 1.98. The number of aromatic carboxylic acids is 1. The summed E-state index contributed by atoms with van der Waals surface area (Å²) in [5.41, 5.74) is 2.25. The molecular weight excluding hydrogens is 383 g/mol. The van der Waals surface area contributed by atoms with Crippen LogP contribution in [0, 0.1) is 3.57 Å². The standard InChI is InChI=1S/C15H17IN2O3/c1-3-11-8-12(18(4-2)17-11)9-21-14-7-10(15(19)20)5-6-13(14)16/h5-8H,3-4,9H2,1-2H3,(H,19,20). The fourth-order valence-corrected chi connectivity index (χ4v) is 2.47. The van der Waals surface area contributed by atoms with Crippen molar-refractivity contribution in [3.05, 3.63) is 44.8 Å². The minimum absolute atomic E-state index is 0.226. The topological polar surface area (TPSA) is 64.3 Å². The molecule has 1 heterocycles. The first-order valence-electron chi connectivity index (χ1n) is 6.76. The van der Waals surface area contributed by atoms with E-state index in [9.17, 15) is 4.79 Å². The van der Waals surface area contributed by atoms with E-state index in [1.165, 1.54) is 0 Å². The predicted molar refractivity (Wildman–Crippen MR) is 87.7 cm³/mol. The number of hydrogen-bond acceptors (Lipinski definition) is 3. The number of hydrogen-bond donors (Lipinski definition) is 1. The van der Waals surface area contributed by atoms with E-state index in [4.69, 9.17) is 9.84 Å². The van der Waals surface area contributed by atoms with Crippen molar-refractivity contribution in [1.29, 1.82) is 0 Å². The third-order valence-electron chi connectivity index (χ3n) is 3.13. The summed E-state index contributed by atoms with van der Waals surface area (Å²) in [4.78, 5) is 11.0. The lowest BCUT2D eigenvalue weighted by Crippen LogP contribution is -2.07. The van der Waals surface area contributed by atoms with E-state index in [1.54, 1.807) is 18.2 Å². The van der Waals surface area contributed by atoms with Crippen LogP contribution >= 0.6 is 22.6 Å². The van der Waals surface area contributed by atoms with Crippen LogP contribution in [0.15, 0.2) is 24.3 Å². The molecular formula is C15H17IN2O3. The number of nitrogens with zero attached hydrogens (tertiary/aromatic N) is 2. The molecule has 0 bridgehead atoms. The molecule has 112 valence electrons. The number of halogens is 1. The summed E-state index contributed by atoms with van der Waals surface area (Å²) in [5.74, 6) is -0.375. The summed E-state index contributed by atoms with van der Waals surface area (Å²) in [6, 6.07) is 6.89. The number of carboxylic acids is 1. The molecule has 0 radical (unpaired) electrons. The average molecular weight is 400 g/mol. The zero-order chi connectivity index (χ0) is 15.4. The van der Waals surface area contributed by atoms with Crippen LogP contribution in [0.5, 0.6) is 5.75 Å².